The van der Waals surface area contributed by atoms with Crippen LogP contribution >= 0.6 is 27.3 Å². The molecule has 0 unspecified atom stereocenters. The summed E-state index contributed by atoms with van der Waals surface area (Å²) in [6.07, 6.45) is 0.352. The van der Waals surface area contributed by atoms with Gasteiger partial charge in [-0.05, 0) is 59.3 Å². The second-order valence-corrected chi connectivity index (χ2v) is 6.61. The summed E-state index contributed by atoms with van der Waals surface area (Å²) in [7, 11) is 0. The Kier molecular flexibility index (Phi) is 4.50. The van der Waals surface area contributed by atoms with Crippen molar-refractivity contribution >= 4 is 44.6 Å². The van der Waals surface area contributed by atoms with Crippen LogP contribution in [0.15, 0.2) is 40.2 Å². The summed E-state index contributed by atoms with van der Waals surface area (Å²) >= 11 is 4.91. The molecule has 0 spiro atoms. The average Bonchev–Trinajstić information content (AvgIpc) is 2.75. The van der Waals surface area contributed by atoms with Crippen LogP contribution in [-0.4, -0.2) is 11.7 Å². The molecule has 0 radical (unpaired) electrons. The highest BCUT2D eigenvalue weighted by atomic mass is 79.9. The molecule has 98 valence electrons. The van der Waals surface area contributed by atoms with E-state index in [0.717, 1.165) is 8.66 Å². The SMILES string of the molecule is CC(=O)c1ccc(NC(=O)Cc2ccc(Br)s2)cc1. The van der Waals surface area contributed by atoms with Crippen molar-refractivity contribution < 1.29 is 9.59 Å². The monoisotopic (exact) mass is 337 g/mol. The van der Waals surface area contributed by atoms with Crippen molar-refractivity contribution in [2.45, 2.75) is 13.3 Å². The molecule has 1 amide bonds. The largest absolute Gasteiger partial charge is 0.326 e. The van der Waals surface area contributed by atoms with Crippen LogP contribution in [0.1, 0.15) is 22.2 Å². The van der Waals surface area contributed by atoms with Crippen molar-refractivity contribution in [2.75, 3.05) is 5.32 Å². The second kappa shape index (κ2) is 6.12. The first kappa shape index (κ1) is 14.0. The number of rotatable bonds is 4. The van der Waals surface area contributed by atoms with Gasteiger partial charge < -0.3 is 5.32 Å². The molecule has 5 heteroatoms. The number of nitrogens with one attached hydrogen (secondary N) is 1. The number of hydrogen-bond donors (Lipinski definition) is 1. The maximum atomic E-state index is 11.8. The molecule has 0 aliphatic heterocycles. The van der Waals surface area contributed by atoms with E-state index in [9.17, 15) is 9.59 Å². The Morgan fingerprint density at radius 1 is 1.16 bits per heavy atom. The summed E-state index contributed by atoms with van der Waals surface area (Å²) in [4.78, 5) is 24.0. The fraction of sp³-hybridized carbons (Fsp3) is 0.143. The molecular formula is C14H12BrNO2S. The first-order valence-electron chi connectivity index (χ1n) is 5.69. The standard InChI is InChI=1S/C14H12BrNO2S/c1-9(17)10-2-4-11(5-3-10)16-14(18)8-12-6-7-13(15)19-12/h2-7H,8H2,1H3,(H,16,18). The lowest BCUT2D eigenvalue weighted by Gasteiger charge is -2.04. The molecule has 3 nitrogen and oxygen atoms in total. The zero-order valence-corrected chi connectivity index (χ0v) is 12.7. The Labute approximate surface area is 123 Å². The lowest BCUT2D eigenvalue weighted by molar-refractivity contribution is -0.115. The van der Waals surface area contributed by atoms with Crippen LogP contribution in [0.2, 0.25) is 0 Å². The van der Waals surface area contributed by atoms with Crippen LogP contribution in [0.4, 0.5) is 5.69 Å². The number of amides is 1. The number of halogens is 1. The van der Waals surface area contributed by atoms with Gasteiger partial charge in [0.15, 0.2) is 5.78 Å². The van der Waals surface area contributed by atoms with E-state index >= 15 is 0 Å². The fourth-order valence-corrected chi connectivity index (χ4v) is 3.08. The quantitative estimate of drug-likeness (QED) is 0.860. The Bertz CT molecular complexity index is 604. The van der Waals surface area contributed by atoms with Gasteiger partial charge >= 0.3 is 0 Å². The first-order valence-corrected chi connectivity index (χ1v) is 7.30. The molecule has 0 aliphatic rings. The van der Waals surface area contributed by atoms with Crippen LogP contribution in [0.25, 0.3) is 0 Å². The first-order chi connectivity index (χ1) is 9.04. The summed E-state index contributed by atoms with van der Waals surface area (Å²) < 4.78 is 1.01. The Balaban J connectivity index is 1.97. The predicted octanol–water partition coefficient (Wildman–Crippen LogP) is 3.89. The van der Waals surface area contributed by atoms with Crippen LogP contribution in [0.5, 0.6) is 0 Å². The summed E-state index contributed by atoms with van der Waals surface area (Å²) in [5.74, 6) is -0.0498. The van der Waals surface area contributed by atoms with Gasteiger partial charge in [-0.1, -0.05) is 0 Å². The van der Waals surface area contributed by atoms with Gasteiger partial charge in [0.2, 0.25) is 5.91 Å². The van der Waals surface area contributed by atoms with Gasteiger partial charge in [0.25, 0.3) is 0 Å². The molecule has 2 aromatic rings. The van der Waals surface area contributed by atoms with E-state index in [0.29, 0.717) is 17.7 Å². The smallest absolute Gasteiger partial charge is 0.229 e. The van der Waals surface area contributed by atoms with Gasteiger partial charge in [-0.25, -0.2) is 0 Å². The lowest BCUT2D eigenvalue weighted by Crippen LogP contribution is -2.13. The van der Waals surface area contributed by atoms with Crippen molar-refractivity contribution in [1.82, 2.24) is 0 Å². The van der Waals surface area contributed by atoms with Crippen LogP contribution in [-0.2, 0) is 11.2 Å². The minimum absolute atomic E-state index is 0.0151. The minimum atomic E-state index is -0.0649. The summed E-state index contributed by atoms with van der Waals surface area (Å²) in [6.45, 7) is 1.52. The Morgan fingerprint density at radius 2 is 1.84 bits per heavy atom. The molecule has 0 aliphatic carbocycles. The molecule has 1 aromatic heterocycles. The fourth-order valence-electron chi connectivity index (χ4n) is 1.60. The van der Waals surface area contributed by atoms with E-state index in [1.165, 1.54) is 6.92 Å². The number of benzene rings is 1. The molecule has 2 rings (SSSR count). The Hall–Kier alpha value is -1.46. The number of hydrogen-bond acceptors (Lipinski definition) is 3. The van der Waals surface area contributed by atoms with E-state index in [2.05, 4.69) is 21.2 Å². The topological polar surface area (TPSA) is 46.2 Å². The number of ketones is 1. The highest BCUT2D eigenvalue weighted by Crippen LogP contribution is 2.22. The predicted molar refractivity (Wildman–Crippen MR) is 80.8 cm³/mol. The molecule has 0 fully saturated rings. The summed E-state index contributed by atoms with van der Waals surface area (Å²) in [6, 6.07) is 10.7. The molecular weight excluding hydrogens is 326 g/mol. The molecule has 0 atom stereocenters. The van der Waals surface area contributed by atoms with Gasteiger partial charge in [-0.2, -0.15) is 0 Å². The zero-order valence-electron chi connectivity index (χ0n) is 10.3. The van der Waals surface area contributed by atoms with E-state index in [1.807, 2.05) is 12.1 Å². The van der Waals surface area contributed by atoms with Crippen molar-refractivity contribution in [1.29, 1.82) is 0 Å². The van der Waals surface area contributed by atoms with E-state index in [1.54, 1.807) is 35.6 Å². The van der Waals surface area contributed by atoms with Gasteiger partial charge in [0.1, 0.15) is 0 Å². The molecule has 19 heavy (non-hydrogen) atoms. The number of carbonyl (C=O) groups is 2. The molecule has 0 saturated carbocycles. The van der Waals surface area contributed by atoms with Gasteiger partial charge in [0.05, 0.1) is 10.2 Å². The number of thiophene rings is 1. The Morgan fingerprint density at radius 3 is 2.37 bits per heavy atom. The average molecular weight is 338 g/mol. The third-order valence-corrected chi connectivity index (χ3v) is 4.16. The second-order valence-electron chi connectivity index (χ2n) is 4.06. The third kappa shape index (κ3) is 4.01. The summed E-state index contributed by atoms with van der Waals surface area (Å²) in [5, 5.41) is 2.81. The molecule has 1 heterocycles. The zero-order chi connectivity index (χ0) is 13.8. The highest BCUT2D eigenvalue weighted by Gasteiger charge is 2.06. The maximum absolute atomic E-state index is 11.8. The minimum Gasteiger partial charge on any atom is -0.326 e. The van der Waals surface area contributed by atoms with Crippen molar-refractivity contribution in [3.8, 4) is 0 Å². The van der Waals surface area contributed by atoms with Gasteiger partial charge in [0, 0.05) is 16.1 Å². The highest BCUT2D eigenvalue weighted by molar-refractivity contribution is 9.11. The number of anilines is 1. The third-order valence-electron chi connectivity index (χ3n) is 2.54. The van der Waals surface area contributed by atoms with Gasteiger partial charge in [-0.3, -0.25) is 9.59 Å². The summed E-state index contributed by atoms with van der Waals surface area (Å²) in [5.41, 5.74) is 1.34. The van der Waals surface area contributed by atoms with Crippen molar-refractivity contribution in [2.24, 2.45) is 0 Å². The normalized spacial score (nSPS) is 10.2. The van der Waals surface area contributed by atoms with Crippen molar-refractivity contribution in [3.05, 3.63) is 50.6 Å². The molecule has 0 saturated heterocycles. The number of Topliss-reactive ketones (excluding diaryl/α,β-unsaturated/α-hetero) is 1. The van der Waals surface area contributed by atoms with Crippen molar-refractivity contribution in [3.63, 3.8) is 0 Å². The molecule has 1 aromatic carbocycles. The van der Waals surface area contributed by atoms with E-state index < -0.39 is 0 Å². The molecule has 0 bridgehead atoms. The van der Waals surface area contributed by atoms with Gasteiger partial charge in [-0.15, -0.1) is 11.3 Å². The van der Waals surface area contributed by atoms with Crippen LogP contribution in [0.3, 0.4) is 0 Å². The maximum Gasteiger partial charge on any atom is 0.229 e. The van der Waals surface area contributed by atoms with E-state index in [-0.39, 0.29) is 11.7 Å². The van der Waals surface area contributed by atoms with Crippen LogP contribution in [0, 0.1) is 0 Å². The number of carbonyl (C=O) groups excluding carboxylic acids is 2. The van der Waals surface area contributed by atoms with Crippen LogP contribution < -0.4 is 5.32 Å². The molecule has 1 N–H and O–H groups in total. The lowest BCUT2D eigenvalue weighted by atomic mass is 10.1. The van der Waals surface area contributed by atoms with E-state index in [4.69, 9.17) is 0 Å².